The van der Waals surface area contributed by atoms with Crippen LogP contribution in [-0.2, 0) is 9.47 Å². The van der Waals surface area contributed by atoms with Crippen LogP contribution < -0.4 is 0 Å². The Morgan fingerprint density at radius 1 is 1.38 bits per heavy atom. The van der Waals surface area contributed by atoms with Crippen LogP contribution in [0.2, 0.25) is 0 Å². The zero-order valence-corrected chi connectivity index (χ0v) is 7.20. The van der Waals surface area contributed by atoms with Gasteiger partial charge in [0.05, 0.1) is 6.61 Å². The minimum absolute atomic E-state index is 0.0562. The first-order valence-electron chi connectivity index (χ1n) is 3.94. The third kappa shape index (κ3) is 2.16. The van der Waals surface area contributed by atoms with Gasteiger partial charge in [-0.05, 0) is 0 Å². The molecule has 0 radical (unpaired) electrons. The van der Waals surface area contributed by atoms with E-state index in [1.165, 1.54) is 7.11 Å². The van der Waals surface area contributed by atoms with Gasteiger partial charge < -0.3 is 29.9 Å². The van der Waals surface area contributed by atoms with Crippen LogP contribution >= 0.6 is 0 Å². The lowest BCUT2D eigenvalue weighted by molar-refractivity contribution is -0.187. The molecule has 0 saturated carbocycles. The van der Waals surface area contributed by atoms with Crippen LogP contribution in [0.15, 0.2) is 0 Å². The molecule has 0 aromatic rings. The van der Waals surface area contributed by atoms with Crippen LogP contribution in [0.5, 0.6) is 0 Å². The summed E-state index contributed by atoms with van der Waals surface area (Å²) in [5.74, 6) is 0. The van der Waals surface area contributed by atoms with Crippen molar-refractivity contribution in [1.29, 1.82) is 0 Å². The molecule has 0 bridgehead atoms. The van der Waals surface area contributed by atoms with E-state index in [9.17, 15) is 10.2 Å². The number of aliphatic hydroxyl groups excluding tert-OH is 4. The van der Waals surface area contributed by atoms with E-state index >= 15 is 0 Å². The zero-order chi connectivity index (χ0) is 10.0. The van der Waals surface area contributed by atoms with Gasteiger partial charge in [0.25, 0.3) is 0 Å². The summed E-state index contributed by atoms with van der Waals surface area (Å²) in [6.45, 7) is -0.0562. The van der Waals surface area contributed by atoms with E-state index in [1.54, 1.807) is 0 Å². The second-order valence-corrected chi connectivity index (χ2v) is 2.97. The monoisotopic (exact) mass is 194 g/mol. The van der Waals surface area contributed by atoms with Gasteiger partial charge in [-0.15, -0.1) is 0 Å². The third-order valence-electron chi connectivity index (χ3n) is 2.06. The molecule has 5 atom stereocenters. The number of aliphatic hydroxyl groups is 4. The Kier molecular flexibility index (Phi) is 3.60. The maximum absolute atomic E-state index is 9.33. The second-order valence-electron chi connectivity index (χ2n) is 2.97. The fourth-order valence-corrected chi connectivity index (χ4v) is 1.23. The van der Waals surface area contributed by atoms with E-state index in [0.29, 0.717) is 0 Å². The van der Waals surface area contributed by atoms with Crippen molar-refractivity contribution in [2.45, 2.75) is 30.7 Å². The molecule has 0 spiro atoms. The summed E-state index contributed by atoms with van der Waals surface area (Å²) in [6, 6.07) is 0. The van der Waals surface area contributed by atoms with Crippen molar-refractivity contribution in [3.05, 3.63) is 0 Å². The van der Waals surface area contributed by atoms with Crippen LogP contribution in [0.1, 0.15) is 0 Å². The average molecular weight is 194 g/mol. The van der Waals surface area contributed by atoms with E-state index in [0.717, 1.165) is 0 Å². The Hall–Kier alpha value is -0.240. The number of hydrogen-bond acceptors (Lipinski definition) is 6. The second kappa shape index (κ2) is 4.32. The normalized spacial score (nSPS) is 39.0. The van der Waals surface area contributed by atoms with Crippen molar-refractivity contribution in [2.75, 3.05) is 13.7 Å². The molecule has 1 heterocycles. The highest BCUT2D eigenvalue weighted by molar-refractivity contribution is 4.88. The van der Waals surface area contributed by atoms with Crippen LogP contribution in [0.3, 0.4) is 0 Å². The van der Waals surface area contributed by atoms with Gasteiger partial charge in [-0.2, -0.15) is 0 Å². The fraction of sp³-hybridized carbons (Fsp3) is 1.00. The van der Waals surface area contributed by atoms with Gasteiger partial charge in [-0.3, -0.25) is 0 Å². The highest BCUT2D eigenvalue weighted by atomic mass is 16.6. The van der Waals surface area contributed by atoms with Crippen molar-refractivity contribution in [1.82, 2.24) is 0 Å². The summed E-state index contributed by atoms with van der Waals surface area (Å²) < 4.78 is 9.31. The van der Waals surface area contributed by atoms with E-state index < -0.39 is 30.7 Å². The molecule has 1 aliphatic rings. The predicted molar refractivity (Wildman–Crippen MR) is 40.8 cm³/mol. The van der Waals surface area contributed by atoms with Crippen molar-refractivity contribution in [3.63, 3.8) is 0 Å². The Morgan fingerprint density at radius 2 is 2.00 bits per heavy atom. The average Bonchev–Trinajstić information content (AvgIpc) is 2.45. The van der Waals surface area contributed by atoms with E-state index in [1.807, 2.05) is 0 Å². The smallest absolute Gasteiger partial charge is 0.183 e. The minimum atomic E-state index is -1.43. The summed E-state index contributed by atoms with van der Waals surface area (Å²) in [5.41, 5.74) is 0. The Bertz CT molecular complexity index is 163. The molecule has 0 amide bonds. The molecule has 1 aliphatic heterocycles. The number of rotatable bonds is 3. The molecule has 1 rings (SSSR count). The maximum atomic E-state index is 9.33. The number of methoxy groups -OCH3 is 1. The molecular weight excluding hydrogens is 180 g/mol. The molecule has 1 unspecified atom stereocenters. The lowest BCUT2D eigenvalue weighted by Gasteiger charge is -2.24. The largest absolute Gasteiger partial charge is 0.388 e. The lowest BCUT2D eigenvalue weighted by atomic mass is 10.1. The molecule has 6 nitrogen and oxygen atoms in total. The Morgan fingerprint density at radius 3 is 2.38 bits per heavy atom. The van der Waals surface area contributed by atoms with E-state index in [2.05, 4.69) is 4.74 Å². The predicted octanol–water partition coefficient (Wildman–Crippen LogP) is -2.57. The topological polar surface area (TPSA) is 99.4 Å². The first kappa shape index (κ1) is 10.8. The Balaban J connectivity index is 2.52. The van der Waals surface area contributed by atoms with Crippen LogP contribution in [0.4, 0.5) is 0 Å². The van der Waals surface area contributed by atoms with Crippen LogP contribution in [0.25, 0.3) is 0 Å². The molecule has 1 saturated heterocycles. The van der Waals surface area contributed by atoms with Crippen LogP contribution in [0, 0.1) is 0 Å². The van der Waals surface area contributed by atoms with Crippen molar-refractivity contribution in [3.8, 4) is 0 Å². The number of hydrogen-bond donors (Lipinski definition) is 4. The zero-order valence-electron chi connectivity index (χ0n) is 7.20. The highest BCUT2D eigenvalue weighted by Crippen LogP contribution is 2.19. The molecule has 0 aromatic carbocycles. The molecule has 6 heteroatoms. The molecule has 0 aliphatic carbocycles. The van der Waals surface area contributed by atoms with E-state index in [4.69, 9.17) is 14.9 Å². The van der Waals surface area contributed by atoms with Gasteiger partial charge in [0.15, 0.2) is 6.29 Å². The van der Waals surface area contributed by atoms with Gasteiger partial charge >= 0.3 is 0 Å². The minimum Gasteiger partial charge on any atom is -0.388 e. The summed E-state index contributed by atoms with van der Waals surface area (Å²) in [4.78, 5) is 0. The van der Waals surface area contributed by atoms with E-state index in [-0.39, 0.29) is 6.61 Å². The van der Waals surface area contributed by atoms with Gasteiger partial charge in [-0.1, -0.05) is 0 Å². The van der Waals surface area contributed by atoms with Gasteiger partial charge in [-0.25, -0.2) is 0 Å². The van der Waals surface area contributed by atoms with Crippen molar-refractivity contribution < 1.29 is 29.9 Å². The van der Waals surface area contributed by atoms with Gasteiger partial charge in [0.2, 0.25) is 0 Å². The molecule has 4 N–H and O–H groups in total. The molecule has 0 aromatic heterocycles. The summed E-state index contributed by atoms with van der Waals surface area (Å²) in [5, 5.41) is 36.7. The van der Waals surface area contributed by atoms with Crippen molar-refractivity contribution in [2.24, 2.45) is 0 Å². The molecule has 13 heavy (non-hydrogen) atoms. The van der Waals surface area contributed by atoms with Gasteiger partial charge in [0.1, 0.15) is 24.4 Å². The summed E-state index contributed by atoms with van der Waals surface area (Å²) in [6.07, 6.45) is -6.02. The SMILES string of the molecule is COC(O)[C@H](O)[C@H]1OC[C@@H](O)[C@@H]1O. The standard InChI is InChI=1S/C7H14O6/c1-12-7(11)5(10)6-4(9)3(8)2-13-6/h3-11H,2H2,1H3/t3-,4+,5-,6+,7?/m1/s1. The Labute approximate surface area is 75.3 Å². The van der Waals surface area contributed by atoms with Crippen molar-refractivity contribution >= 4 is 0 Å². The summed E-state index contributed by atoms with van der Waals surface area (Å²) in [7, 11) is 1.21. The molecular formula is C7H14O6. The number of ether oxygens (including phenoxy) is 2. The molecule has 78 valence electrons. The highest BCUT2D eigenvalue weighted by Gasteiger charge is 2.41. The molecule has 1 fully saturated rings. The lowest BCUT2D eigenvalue weighted by Crippen LogP contribution is -2.45. The first-order chi connectivity index (χ1) is 6.07. The summed E-state index contributed by atoms with van der Waals surface area (Å²) >= 11 is 0. The first-order valence-corrected chi connectivity index (χ1v) is 3.94. The quantitative estimate of drug-likeness (QED) is 0.369. The fourth-order valence-electron chi connectivity index (χ4n) is 1.23. The van der Waals surface area contributed by atoms with Crippen LogP contribution in [-0.4, -0.2) is 64.8 Å². The maximum Gasteiger partial charge on any atom is 0.183 e. The van der Waals surface area contributed by atoms with Gasteiger partial charge in [0, 0.05) is 7.11 Å². The third-order valence-corrected chi connectivity index (χ3v) is 2.06.